The Hall–Kier alpha value is -1.42. The molecule has 0 bridgehead atoms. The lowest BCUT2D eigenvalue weighted by atomic mass is 10.2. The van der Waals surface area contributed by atoms with Crippen LogP contribution in [0, 0.1) is 6.92 Å². The van der Waals surface area contributed by atoms with Crippen LogP contribution in [0.3, 0.4) is 0 Å². The largest absolute Gasteiger partial charge is 0.383 e. The van der Waals surface area contributed by atoms with Gasteiger partial charge in [-0.25, -0.2) is 9.97 Å². The number of nitrogens with two attached hydrogens (primary N) is 1. The van der Waals surface area contributed by atoms with Gasteiger partial charge in [0.2, 0.25) is 0 Å². The van der Waals surface area contributed by atoms with Crippen molar-refractivity contribution < 1.29 is 0 Å². The zero-order valence-corrected chi connectivity index (χ0v) is 9.82. The monoisotopic (exact) mass is 263 g/mol. The van der Waals surface area contributed by atoms with Gasteiger partial charge in [0.05, 0.1) is 0 Å². The summed E-state index contributed by atoms with van der Waals surface area (Å²) < 4.78 is 1.00. The molecule has 0 fully saturated rings. The molecule has 2 aromatic rings. The second-order valence-corrected chi connectivity index (χ2v) is 4.19. The summed E-state index contributed by atoms with van der Waals surface area (Å²) in [6.07, 6.45) is 1.73. The Balaban J connectivity index is 2.50. The van der Waals surface area contributed by atoms with Gasteiger partial charge in [-0.3, -0.25) is 0 Å². The summed E-state index contributed by atoms with van der Waals surface area (Å²) in [6, 6.07) is 7.82. The number of aryl methyl sites for hydroxylation is 1. The van der Waals surface area contributed by atoms with Gasteiger partial charge < -0.3 is 5.73 Å². The van der Waals surface area contributed by atoms with Crippen LogP contribution in [0.1, 0.15) is 5.56 Å². The molecule has 0 saturated heterocycles. The van der Waals surface area contributed by atoms with E-state index in [1.807, 2.05) is 31.2 Å². The molecule has 3 nitrogen and oxygen atoms in total. The predicted octanol–water partition coefficient (Wildman–Crippen LogP) is 2.80. The van der Waals surface area contributed by atoms with Crippen molar-refractivity contribution in [1.82, 2.24) is 9.97 Å². The highest BCUT2D eigenvalue weighted by Gasteiger charge is 2.03. The van der Waals surface area contributed by atoms with Gasteiger partial charge in [0, 0.05) is 21.8 Å². The van der Waals surface area contributed by atoms with Crippen LogP contribution < -0.4 is 5.73 Å². The molecule has 0 spiro atoms. The van der Waals surface area contributed by atoms with E-state index in [1.54, 1.807) is 6.20 Å². The van der Waals surface area contributed by atoms with E-state index in [2.05, 4.69) is 25.9 Å². The second kappa shape index (κ2) is 3.98. The van der Waals surface area contributed by atoms with Crippen LogP contribution in [0.4, 0.5) is 5.82 Å². The fourth-order valence-corrected chi connectivity index (χ4v) is 1.62. The molecular formula is C11H10BrN3. The first kappa shape index (κ1) is 10.1. The summed E-state index contributed by atoms with van der Waals surface area (Å²) in [5.41, 5.74) is 7.58. The second-order valence-electron chi connectivity index (χ2n) is 3.27. The smallest absolute Gasteiger partial charge is 0.161 e. The average molecular weight is 264 g/mol. The average Bonchev–Trinajstić information content (AvgIpc) is 2.22. The van der Waals surface area contributed by atoms with Crippen LogP contribution in [0.25, 0.3) is 11.4 Å². The van der Waals surface area contributed by atoms with Crippen molar-refractivity contribution in [3.63, 3.8) is 0 Å². The normalized spacial score (nSPS) is 10.3. The summed E-state index contributed by atoms with van der Waals surface area (Å²) in [5, 5.41) is 0. The van der Waals surface area contributed by atoms with E-state index in [0.29, 0.717) is 11.6 Å². The molecule has 0 atom stereocenters. The number of anilines is 1. The molecule has 2 N–H and O–H groups in total. The minimum absolute atomic E-state index is 0.528. The van der Waals surface area contributed by atoms with Gasteiger partial charge >= 0.3 is 0 Å². The van der Waals surface area contributed by atoms with Gasteiger partial charge in [-0.2, -0.15) is 0 Å². The van der Waals surface area contributed by atoms with Crippen LogP contribution in [-0.4, -0.2) is 9.97 Å². The van der Waals surface area contributed by atoms with Gasteiger partial charge in [0.1, 0.15) is 5.82 Å². The fourth-order valence-electron chi connectivity index (χ4n) is 1.22. The van der Waals surface area contributed by atoms with Gasteiger partial charge in [-0.1, -0.05) is 28.1 Å². The van der Waals surface area contributed by atoms with E-state index >= 15 is 0 Å². The van der Waals surface area contributed by atoms with Gasteiger partial charge in [0.25, 0.3) is 0 Å². The fraction of sp³-hybridized carbons (Fsp3) is 0.0909. The van der Waals surface area contributed by atoms with E-state index in [4.69, 9.17) is 5.73 Å². The third-order valence-electron chi connectivity index (χ3n) is 2.09. The van der Waals surface area contributed by atoms with Crippen molar-refractivity contribution in [3.05, 3.63) is 40.5 Å². The van der Waals surface area contributed by atoms with E-state index in [-0.39, 0.29) is 0 Å². The third kappa shape index (κ3) is 2.15. The van der Waals surface area contributed by atoms with Crippen molar-refractivity contribution in [3.8, 4) is 11.4 Å². The van der Waals surface area contributed by atoms with E-state index in [1.165, 1.54) is 0 Å². The summed E-state index contributed by atoms with van der Waals surface area (Å²) in [6.45, 7) is 1.89. The van der Waals surface area contributed by atoms with Crippen LogP contribution in [0.15, 0.2) is 34.9 Å². The van der Waals surface area contributed by atoms with Crippen molar-refractivity contribution in [1.29, 1.82) is 0 Å². The summed E-state index contributed by atoms with van der Waals surface area (Å²) in [5.74, 6) is 1.18. The van der Waals surface area contributed by atoms with Crippen LogP contribution in [0.5, 0.6) is 0 Å². The maximum Gasteiger partial charge on any atom is 0.161 e. The highest BCUT2D eigenvalue weighted by molar-refractivity contribution is 9.10. The Kier molecular flexibility index (Phi) is 2.68. The molecule has 0 radical (unpaired) electrons. The number of aromatic nitrogens is 2. The number of hydrogen-bond donors (Lipinski definition) is 1. The first-order valence-corrected chi connectivity index (χ1v) is 5.31. The molecule has 1 aromatic carbocycles. The lowest BCUT2D eigenvalue weighted by Gasteiger charge is -2.03. The van der Waals surface area contributed by atoms with Crippen LogP contribution in [0.2, 0.25) is 0 Å². The molecule has 0 saturated carbocycles. The van der Waals surface area contributed by atoms with Gasteiger partial charge in [-0.05, 0) is 19.1 Å². The maximum atomic E-state index is 5.73. The number of rotatable bonds is 1. The van der Waals surface area contributed by atoms with Crippen LogP contribution >= 0.6 is 15.9 Å². The predicted molar refractivity (Wildman–Crippen MR) is 64.3 cm³/mol. The highest BCUT2D eigenvalue weighted by Crippen LogP contribution is 2.20. The number of hydrogen-bond acceptors (Lipinski definition) is 3. The summed E-state index contributed by atoms with van der Waals surface area (Å²) >= 11 is 3.41. The molecule has 0 aliphatic rings. The Morgan fingerprint density at radius 3 is 2.80 bits per heavy atom. The molecule has 2 rings (SSSR count). The van der Waals surface area contributed by atoms with Crippen molar-refractivity contribution in [2.45, 2.75) is 6.92 Å². The van der Waals surface area contributed by atoms with Gasteiger partial charge in [-0.15, -0.1) is 0 Å². The molecule has 0 unspecified atom stereocenters. The molecule has 0 aliphatic heterocycles. The molecule has 1 heterocycles. The minimum Gasteiger partial charge on any atom is -0.383 e. The Morgan fingerprint density at radius 2 is 2.13 bits per heavy atom. The summed E-state index contributed by atoms with van der Waals surface area (Å²) in [4.78, 5) is 8.47. The molecule has 76 valence electrons. The molecule has 0 aliphatic carbocycles. The standard InChI is InChI=1S/C11H10BrN3/c1-7-6-14-11(15-10(7)13)8-3-2-4-9(12)5-8/h2-6H,1H3,(H2,13,14,15). The lowest BCUT2D eigenvalue weighted by Crippen LogP contribution is -1.98. The number of nitrogen functional groups attached to an aromatic ring is 1. The molecule has 15 heavy (non-hydrogen) atoms. The molecule has 1 aromatic heterocycles. The molecule has 0 amide bonds. The number of nitrogens with zero attached hydrogens (tertiary/aromatic N) is 2. The Bertz CT molecular complexity index is 497. The van der Waals surface area contributed by atoms with E-state index < -0.39 is 0 Å². The Morgan fingerprint density at radius 1 is 1.33 bits per heavy atom. The first-order valence-electron chi connectivity index (χ1n) is 4.52. The minimum atomic E-state index is 0.528. The zero-order chi connectivity index (χ0) is 10.8. The van der Waals surface area contributed by atoms with E-state index in [0.717, 1.165) is 15.6 Å². The maximum absolute atomic E-state index is 5.73. The van der Waals surface area contributed by atoms with Crippen molar-refractivity contribution >= 4 is 21.7 Å². The third-order valence-corrected chi connectivity index (χ3v) is 2.59. The summed E-state index contributed by atoms with van der Waals surface area (Å²) in [7, 11) is 0. The molecule has 4 heteroatoms. The first-order chi connectivity index (χ1) is 7.16. The lowest BCUT2D eigenvalue weighted by molar-refractivity contribution is 1.15. The topological polar surface area (TPSA) is 51.8 Å². The highest BCUT2D eigenvalue weighted by atomic mass is 79.9. The quantitative estimate of drug-likeness (QED) is 0.861. The van der Waals surface area contributed by atoms with Crippen molar-refractivity contribution in [2.75, 3.05) is 5.73 Å². The van der Waals surface area contributed by atoms with E-state index in [9.17, 15) is 0 Å². The number of benzene rings is 1. The molecular weight excluding hydrogens is 254 g/mol. The Labute approximate surface area is 96.5 Å². The number of halogens is 1. The SMILES string of the molecule is Cc1cnc(-c2cccc(Br)c2)nc1N. The van der Waals surface area contributed by atoms with Crippen LogP contribution in [-0.2, 0) is 0 Å². The van der Waals surface area contributed by atoms with Crippen molar-refractivity contribution in [2.24, 2.45) is 0 Å². The zero-order valence-electron chi connectivity index (χ0n) is 8.24. The van der Waals surface area contributed by atoms with Gasteiger partial charge in [0.15, 0.2) is 5.82 Å².